The molecule has 0 bridgehead atoms. The number of carbonyl (C=O) groups is 2. The lowest BCUT2D eigenvalue weighted by atomic mass is 9.79. The van der Waals surface area contributed by atoms with Crippen molar-refractivity contribution in [3.05, 3.63) is 23.8 Å². The van der Waals surface area contributed by atoms with Gasteiger partial charge in [-0.15, -0.1) is 0 Å². The van der Waals surface area contributed by atoms with Crippen molar-refractivity contribution >= 4 is 11.9 Å². The first-order valence-electron chi connectivity index (χ1n) is 10.3. The number of esters is 1. The van der Waals surface area contributed by atoms with Crippen LogP contribution in [0.4, 0.5) is 0 Å². The standard InChI is InChI=1S/C22H35NO7/c1-5-22(3,21(27)30-13-12-29-11-10-28-4)15-16(2)20(26)23-9-8-17-6-7-18(24)19(25)14-17/h6-7,14,16,24-25H,5,8-13,15H2,1-4H3,(H,23,26). The minimum Gasteiger partial charge on any atom is -0.504 e. The zero-order valence-corrected chi connectivity index (χ0v) is 18.4. The number of amides is 1. The topological polar surface area (TPSA) is 114 Å². The largest absolute Gasteiger partial charge is 0.504 e. The number of methoxy groups -OCH3 is 1. The van der Waals surface area contributed by atoms with Gasteiger partial charge in [-0.1, -0.05) is 19.9 Å². The molecular formula is C22H35NO7. The fraction of sp³-hybridized carbons (Fsp3) is 0.636. The molecule has 0 aliphatic heterocycles. The SMILES string of the molecule is CCC(C)(CC(C)C(=O)NCCc1ccc(O)c(O)c1)C(=O)OCCOCCOC. The van der Waals surface area contributed by atoms with Crippen LogP contribution < -0.4 is 5.32 Å². The molecule has 0 spiro atoms. The van der Waals surface area contributed by atoms with E-state index in [0.717, 1.165) is 5.56 Å². The van der Waals surface area contributed by atoms with Crippen molar-refractivity contribution in [3.63, 3.8) is 0 Å². The Morgan fingerprint density at radius 3 is 2.47 bits per heavy atom. The van der Waals surface area contributed by atoms with Crippen LogP contribution in [-0.2, 0) is 30.2 Å². The van der Waals surface area contributed by atoms with E-state index in [1.807, 2.05) is 13.8 Å². The summed E-state index contributed by atoms with van der Waals surface area (Å²) in [6.07, 6.45) is 1.45. The third-order valence-electron chi connectivity index (χ3n) is 5.12. The molecule has 0 saturated heterocycles. The Kier molecular flexibility index (Phi) is 11.2. The van der Waals surface area contributed by atoms with Crippen LogP contribution in [0.5, 0.6) is 11.5 Å². The normalized spacial score (nSPS) is 14.0. The molecule has 0 heterocycles. The molecule has 30 heavy (non-hydrogen) atoms. The van der Waals surface area contributed by atoms with Crippen molar-refractivity contribution in [2.75, 3.05) is 40.1 Å². The van der Waals surface area contributed by atoms with Crippen LogP contribution in [-0.4, -0.2) is 62.2 Å². The maximum atomic E-state index is 12.5. The summed E-state index contributed by atoms with van der Waals surface area (Å²) in [5.74, 6) is -1.21. The first-order chi connectivity index (χ1) is 14.2. The van der Waals surface area contributed by atoms with E-state index < -0.39 is 5.41 Å². The molecule has 0 radical (unpaired) electrons. The van der Waals surface area contributed by atoms with Gasteiger partial charge in [-0.05, 0) is 43.9 Å². The molecule has 1 aromatic rings. The van der Waals surface area contributed by atoms with Gasteiger partial charge < -0.3 is 29.7 Å². The third-order valence-corrected chi connectivity index (χ3v) is 5.12. The molecular weight excluding hydrogens is 390 g/mol. The van der Waals surface area contributed by atoms with E-state index in [1.165, 1.54) is 12.1 Å². The number of rotatable bonds is 14. The van der Waals surface area contributed by atoms with E-state index in [2.05, 4.69) is 5.32 Å². The summed E-state index contributed by atoms with van der Waals surface area (Å²) < 4.78 is 15.5. The molecule has 1 amide bonds. The fourth-order valence-corrected chi connectivity index (χ4v) is 2.98. The van der Waals surface area contributed by atoms with Crippen molar-refractivity contribution in [2.24, 2.45) is 11.3 Å². The summed E-state index contributed by atoms with van der Waals surface area (Å²) in [4.78, 5) is 25.0. The van der Waals surface area contributed by atoms with Crippen molar-refractivity contribution in [1.29, 1.82) is 0 Å². The smallest absolute Gasteiger partial charge is 0.311 e. The number of hydrogen-bond acceptors (Lipinski definition) is 7. The Bertz CT molecular complexity index is 679. The third kappa shape index (κ3) is 8.59. The molecule has 2 unspecified atom stereocenters. The molecule has 8 heteroatoms. The Hall–Kier alpha value is -2.32. The van der Waals surface area contributed by atoms with Gasteiger partial charge >= 0.3 is 5.97 Å². The first-order valence-corrected chi connectivity index (χ1v) is 10.3. The maximum Gasteiger partial charge on any atom is 0.311 e. The van der Waals surface area contributed by atoms with Crippen molar-refractivity contribution in [2.45, 2.75) is 40.0 Å². The highest BCUT2D eigenvalue weighted by Crippen LogP contribution is 2.31. The lowest BCUT2D eigenvalue weighted by molar-refractivity contribution is -0.158. The predicted molar refractivity (Wildman–Crippen MR) is 112 cm³/mol. The zero-order chi connectivity index (χ0) is 22.6. The van der Waals surface area contributed by atoms with Crippen LogP contribution in [0.15, 0.2) is 18.2 Å². The van der Waals surface area contributed by atoms with Gasteiger partial charge in [-0.25, -0.2) is 0 Å². The monoisotopic (exact) mass is 425 g/mol. The molecule has 0 fully saturated rings. The van der Waals surface area contributed by atoms with Crippen LogP contribution in [0, 0.1) is 11.3 Å². The number of benzene rings is 1. The van der Waals surface area contributed by atoms with Crippen LogP contribution in [0.1, 0.15) is 39.2 Å². The number of phenolic OH excluding ortho intramolecular Hbond substituents is 2. The predicted octanol–water partition coefficient (Wildman–Crippen LogP) is 2.41. The summed E-state index contributed by atoms with van der Waals surface area (Å²) in [7, 11) is 1.59. The van der Waals surface area contributed by atoms with Crippen molar-refractivity contribution < 1.29 is 34.0 Å². The average molecular weight is 426 g/mol. The molecule has 1 rings (SSSR count). The van der Waals surface area contributed by atoms with Gasteiger partial charge in [0.2, 0.25) is 5.91 Å². The van der Waals surface area contributed by atoms with Crippen LogP contribution in [0.2, 0.25) is 0 Å². The molecule has 170 valence electrons. The Labute approximate surface area is 178 Å². The second-order valence-corrected chi connectivity index (χ2v) is 7.62. The lowest BCUT2D eigenvalue weighted by Crippen LogP contribution is -2.37. The number of ether oxygens (including phenoxy) is 3. The number of hydrogen-bond donors (Lipinski definition) is 3. The first kappa shape index (κ1) is 25.7. The van der Waals surface area contributed by atoms with E-state index >= 15 is 0 Å². The number of nitrogens with one attached hydrogen (secondary N) is 1. The number of phenols is 2. The second-order valence-electron chi connectivity index (χ2n) is 7.62. The molecule has 0 aromatic heterocycles. The summed E-state index contributed by atoms with van der Waals surface area (Å²) in [6.45, 7) is 7.29. The van der Waals surface area contributed by atoms with Gasteiger partial charge in [-0.3, -0.25) is 9.59 Å². The van der Waals surface area contributed by atoms with Gasteiger partial charge in [0.25, 0.3) is 0 Å². The number of aromatic hydroxyl groups is 2. The second kappa shape index (κ2) is 13.1. The van der Waals surface area contributed by atoms with E-state index in [-0.39, 0.29) is 35.9 Å². The Balaban J connectivity index is 2.43. The molecule has 0 aliphatic rings. The highest BCUT2D eigenvalue weighted by Gasteiger charge is 2.36. The van der Waals surface area contributed by atoms with E-state index in [0.29, 0.717) is 45.6 Å². The summed E-state index contributed by atoms with van der Waals surface area (Å²) in [5.41, 5.74) is 0.0411. The summed E-state index contributed by atoms with van der Waals surface area (Å²) in [6, 6.07) is 4.57. The zero-order valence-electron chi connectivity index (χ0n) is 18.4. The summed E-state index contributed by atoms with van der Waals surface area (Å²) >= 11 is 0. The van der Waals surface area contributed by atoms with Gasteiger partial charge in [0.15, 0.2) is 11.5 Å². The van der Waals surface area contributed by atoms with Crippen LogP contribution in [0.25, 0.3) is 0 Å². The fourth-order valence-electron chi connectivity index (χ4n) is 2.98. The van der Waals surface area contributed by atoms with Gasteiger partial charge in [-0.2, -0.15) is 0 Å². The average Bonchev–Trinajstić information content (AvgIpc) is 2.72. The molecule has 0 aliphatic carbocycles. The van der Waals surface area contributed by atoms with Gasteiger partial charge in [0.1, 0.15) is 6.61 Å². The minimum absolute atomic E-state index is 0.145. The van der Waals surface area contributed by atoms with Gasteiger partial charge in [0, 0.05) is 19.6 Å². The molecule has 3 N–H and O–H groups in total. The minimum atomic E-state index is -0.758. The Morgan fingerprint density at radius 1 is 1.13 bits per heavy atom. The highest BCUT2D eigenvalue weighted by molar-refractivity contribution is 5.81. The van der Waals surface area contributed by atoms with Crippen molar-refractivity contribution in [3.8, 4) is 11.5 Å². The molecule has 1 aromatic carbocycles. The van der Waals surface area contributed by atoms with E-state index in [4.69, 9.17) is 14.2 Å². The van der Waals surface area contributed by atoms with Gasteiger partial charge in [0.05, 0.1) is 25.2 Å². The number of carbonyl (C=O) groups excluding carboxylic acids is 2. The summed E-state index contributed by atoms with van der Waals surface area (Å²) in [5, 5.41) is 21.7. The molecule has 0 saturated carbocycles. The highest BCUT2D eigenvalue weighted by atomic mass is 16.6. The van der Waals surface area contributed by atoms with E-state index in [9.17, 15) is 19.8 Å². The Morgan fingerprint density at radius 2 is 1.83 bits per heavy atom. The van der Waals surface area contributed by atoms with Crippen LogP contribution >= 0.6 is 0 Å². The quantitative estimate of drug-likeness (QED) is 0.238. The molecule has 2 atom stereocenters. The van der Waals surface area contributed by atoms with E-state index in [1.54, 1.807) is 20.1 Å². The van der Waals surface area contributed by atoms with Crippen LogP contribution in [0.3, 0.4) is 0 Å². The molecule has 8 nitrogen and oxygen atoms in total. The maximum absolute atomic E-state index is 12.5. The van der Waals surface area contributed by atoms with Crippen molar-refractivity contribution in [1.82, 2.24) is 5.32 Å². The lowest BCUT2D eigenvalue weighted by Gasteiger charge is -2.28.